The van der Waals surface area contributed by atoms with Gasteiger partial charge in [-0.3, -0.25) is 9.59 Å². The molecule has 7 heteroatoms. The van der Waals surface area contributed by atoms with Crippen molar-refractivity contribution >= 4 is 17.6 Å². The second kappa shape index (κ2) is 10.0. The summed E-state index contributed by atoms with van der Waals surface area (Å²) in [4.78, 5) is 38.3. The molecule has 1 N–H and O–H groups in total. The first-order chi connectivity index (χ1) is 16.4. The van der Waals surface area contributed by atoms with E-state index in [-0.39, 0.29) is 11.5 Å². The van der Waals surface area contributed by atoms with E-state index in [1.165, 1.54) is 11.8 Å². The standard InChI is InChI=1S/C27H29N3O4/c1-4-23(25(31)28-20-15-13-19(14-16-20)27(33)34-3)30-26(32)22-8-6-5-7-21(22)24(29-30)18-11-9-17(2)10-12-18/h9-16,23H,4-8H2,1-3H3,(H,28,31)/t23-/m1/s1. The fraction of sp³-hybridized carbons (Fsp3) is 0.333. The van der Waals surface area contributed by atoms with Crippen molar-refractivity contribution in [3.63, 3.8) is 0 Å². The number of carbonyl (C=O) groups is 2. The van der Waals surface area contributed by atoms with Crippen LogP contribution in [0.3, 0.4) is 0 Å². The van der Waals surface area contributed by atoms with Crippen molar-refractivity contribution in [3.8, 4) is 11.3 Å². The van der Waals surface area contributed by atoms with Crippen LogP contribution in [-0.4, -0.2) is 28.8 Å². The molecule has 1 atom stereocenters. The lowest BCUT2D eigenvalue weighted by atomic mass is 9.89. The average molecular weight is 460 g/mol. The minimum absolute atomic E-state index is 0.186. The molecule has 3 aromatic rings. The molecular formula is C27H29N3O4. The predicted molar refractivity (Wildman–Crippen MR) is 131 cm³/mol. The van der Waals surface area contributed by atoms with Crippen molar-refractivity contribution in [2.24, 2.45) is 0 Å². The number of amides is 1. The van der Waals surface area contributed by atoms with Crippen molar-refractivity contribution in [1.29, 1.82) is 0 Å². The summed E-state index contributed by atoms with van der Waals surface area (Å²) in [7, 11) is 1.32. The number of aryl methyl sites for hydroxylation is 1. The first-order valence-electron chi connectivity index (χ1n) is 11.6. The minimum Gasteiger partial charge on any atom is -0.465 e. The lowest BCUT2D eigenvalue weighted by molar-refractivity contribution is -0.119. The molecule has 0 radical (unpaired) electrons. The normalized spacial score (nSPS) is 13.6. The number of ether oxygens (including phenoxy) is 1. The van der Waals surface area contributed by atoms with Crippen LogP contribution < -0.4 is 10.9 Å². The number of benzene rings is 2. The molecular weight excluding hydrogens is 430 g/mol. The fourth-order valence-electron chi connectivity index (χ4n) is 4.41. The quantitative estimate of drug-likeness (QED) is 0.549. The van der Waals surface area contributed by atoms with Gasteiger partial charge in [0.15, 0.2) is 0 Å². The van der Waals surface area contributed by atoms with Crippen molar-refractivity contribution in [2.75, 3.05) is 12.4 Å². The number of esters is 1. The van der Waals surface area contributed by atoms with Crippen LogP contribution in [0.1, 0.15) is 59.3 Å². The molecule has 176 valence electrons. The maximum Gasteiger partial charge on any atom is 0.337 e. The van der Waals surface area contributed by atoms with Crippen molar-refractivity contribution in [1.82, 2.24) is 9.78 Å². The van der Waals surface area contributed by atoms with Crippen LogP contribution in [0.25, 0.3) is 11.3 Å². The highest BCUT2D eigenvalue weighted by atomic mass is 16.5. The number of rotatable bonds is 6. The highest BCUT2D eigenvalue weighted by Gasteiger charge is 2.27. The third-order valence-electron chi connectivity index (χ3n) is 6.31. The Morgan fingerprint density at radius 3 is 2.29 bits per heavy atom. The highest BCUT2D eigenvalue weighted by Crippen LogP contribution is 2.29. The zero-order valence-corrected chi connectivity index (χ0v) is 19.8. The smallest absolute Gasteiger partial charge is 0.337 e. The number of nitrogens with zero attached hydrogens (tertiary/aromatic N) is 2. The number of anilines is 1. The van der Waals surface area contributed by atoms with Gasteiger partial charge in [0.1, 0.15) is 6.04 Å². The van der Waals surface area contributed by atoms with Crippen LogP contribution in [0, 0.1) is 6.92 Å². The zero-order chi connectivity index (χ0) is 24.2. The summed E-state index contributed by atoms with van der Waals surface area (Å²) in [5, 5.41) is 7.61. The average Bonchev–Trinajstić information content (AvgIpc) is 2.86. The maximum absolute atomic E-state index is 13.4. The number of carbonyl (C=O) groups excluding carboxylic acids is 2. The molecule has 1 aromatic heterocycles. The van der Waals surface area contributed by atoms with Crippen LogP contribution in [0.5, 0.6) is 0 Å². The maximum atomic E-state index is 13.4. The lowest BCUT2D eigenvalue weighted by Crippen LogP contribution is -2.38. The summed E-state index contributed by atoms with van der Waals surface area (Å²) in [6.45, 7) is 3.90. The van der Waals surface area contributed by atoms with Gasteiger partial charge >= 0.3 is 5.97 Å². The van der Waals surface area contributed by atoms with E-state index in [9.17, 15) is 14.4 Å². The molecule has 2 aromatic carbocycles. The van der Waals surface area contributed by atoms with E-state index < -0.39 is 12.0 Å². The lowest BCUT2D eigenvalue weighted by Gasteiger charge is -2.24. The summed E-state index contributed by atoms with van der Waals surface area (Å²) < 4.78 is 6.07. The Morgan fingerprint density at radius 2 is 1.68 bits per heavy atom. The van der Waals surface area contributed by atoms with Crippen LogP contribution in [0.2, 0.25) is 0 Å². The Kier molecular flexibility index (Phi) is 6.91. The van der Waals surface area contributed by atoms with E-state index >= 15 is 0 Å². The largest absolute Gasteiger partial charge is 0.465 e. The van der Waals surface area contributed by atoms with Crippen LogP contribution in [-0.2, 0) is 22.4 Å². The Bertz CT molecular complexity index is 1260. The minimum atomic E-state index is -0.760. The van der Waals surface area contributed by atoms with Crippen molar-refractivity contribution in [2.45, 2.75) is 52.0 Å². The van der Waals surface area contributed by atoms with Gasteiger partial charge in [0, 0.05) is 16.8 Å². The van der Waals surface area contributed by atoms with Crippen molar-refractivity contribution < 1.29 is 14.3 Å². The Hall–Kier alpha value is -3.74. The highest BCUT2D eigenvalue weighted by molar-refractivity contribution is 5.95. The molecule has 7 nitrogen and oxygen atoms in total. The predicted octanol–water partition coefficient (Wildman–Crippen LogP) is 4.47. The van der Waals surface area contributed by atoms with Gasteiger partial charge in [-0.2, -0.15) is 5.10 Å². The topological polar surface area (TPSA) is 90.3 Å². The van der Waals surface area contributed by atoms with Gasteiger partial charge in [0.2, 0.25) is 5.91 Å². The fourth-order valence-corrected chi connectivity index (χ4v) is 4.41. The third kappa shape index (κ3) is 4.64. The van der Waals surface area contributed by atoms with Crippen LogP contribution >= 0.6 is 0 Å². The molecule has 4 rings (SSSR count). The summed E-state index contributed by atoms with van der Waals surface area (Å²) in [6.07, 6.45) is 3.90. The first-order valence-corrected chi connectivity index (χ1v) is 11.6. The van der Waals surface area contributed by atoms with E-state index in [0.717, 1.165) is 47.2 Å². The molecule has 0 spiro atoms. The van der Waals surface area contributed by atoms with E-state index in [4.69, 9.17) is 9.84 Å². The first kappa shape index (κ1) is 23.4. The molecule has 1 aliphatic carbocycles. The van der Waals surface area contributed by atoms with Crippen molar-refractivity contribution in [3.05, 3.63) is 81.1 Å². The monoisotopic (exact) mass is 459 g/mol. The molecule has 1 amide bonds. The summed E-state index contributed by atoms with van der Waals surface area (Å²) in [6, 6.07) is 13.8. The summed E-state index contributed by atoms with van der Waals surface area (Å²) in [5.41, 5.74) is 5.39. The Balaban J connectivity index is 1.70. The van der Waals surface area contributed by atoms with Gasteiger partial charge < -0.3 is 10.1 Å². The summed E-state index contributed by atoms with van der Waals surface area (Å²) >= 11 is 0. The van der Waals surface area contributed by atoms with E-state index in [1.54, 1.807) is 24.3 Å². The van der Waals surface area contributed by atoms with Gasteiger partial charge in [-0.25, -0.2) is 9.48 Å². The van der Waals surface area contributed by atoms with Gasteiger partial charge in [0.05, 0.1) is 18.4 Å². The van der Waals surface area contributed by atoms with Gasteiger partial charge in [-0.1, -0.05) is 36.8 Å². The van der Waals surface area contributed by atoms with E-state index in [0.29, 0.717) is 24.1 Å². The Morgan fingerprint density at radius 1 is 1.03 bits per heavy atom. The number of methoxy groups -OCH3 is 1. The molecule has 1 heterocycles. The SMILES string of the molecule is CC[C@H](C(=O)Nc1ccc(C(=O)OC)cc1)n1nc(-c2ccc(C)cc2)c2c(c1=O)CCCC2. The number of aromatic nitrogens is 2. The van der Waals surface area contributed by atoms with Gasteiger partial charge in [0.25, 0.3) is 5.56 Å². The molecule has 0 bridgehead atoms. The number of hydrogen-bond acceptors (Lipinski definition) is 5. The van der Waals surface area contributed by atoms with Crippen LogP contribution in [0.15, 0.2) is 53.3 Å². The number of hydrogen-bond donors (Lipinski definition) is 1. The second-order valence-corrected chi connectivity index (χ2v) is 8.61. The Labute approximate surface area is 198 Å². The second-order valence-electron chi connectivity index (χ2n) is 8.61. The molecule has 0 fully saturated rings. The van der Waals surface area contributed by atoms with E-state index in [2.05, 4.69) is 5.32 Å². The molecule has 1 aliphatic rings. The number of fused-ring (bicyclic) bond motifs is 1. The molecule has 0 aliphatic heterocycles. The molecule has 0 saturated carbocycles. The summed E-state index contributed by atoms with van der Waals surface area (Å²) in [5.74, 6) is -0.772. The zero-order valence-electron chi connectivity index (χ0n) is 19.8. The van der Waals surface area contributed by atoms with Gasteiger partial charge in [-0.05, 0) is 68.9 Å². The van der Waals surface area contributed by atoms with Gasteiger partial charge in [-0.15, -0.1) is 0 Å². The van der Waals surface area contributed by atoms with E-state index in [1.807, 2.05) is 38.1 Å². The molecule has 0 unspecified atom stereocenters. The molecule has 34 heavy (non-hydrogen) atoms. The third-order valence-corrected chi connectivity index (χ3v) is 6.31. The van der Waals surface area contributed by atoms with Crippen LogP contribution in [0.4, 0.5) is 5.69 Å². The number of nitrogens with one attached hydrogen (secondary N) is 1. The molecule has 0 saturated heterocycles.